The van der Waals surface area contributed by atoms with Crippen LogP contribution in [0.1, 0.15) is 44.0 Å². The van der Waals surface area contributed by atoms with Gasteiger partial charge in [0.25, 0.3) is 0 Å². The average molecular weight is 467 g/mol. The second kappa shape index (κ2) is 12.1. The second-order valence-corrected chi connectivity index (χ2v) is 8.55. The molecule has 0 aliphatic heterocycles. The van der Waals surface area contributed by atoms with Gasteiger partial charge in [0.15, 0.2) is 0 Å². The Labute approximate surface area is 200 Å². The van der Waals surface area contributed by atoms with Crippen molar-refractivity contribution < 1.29 is 14.3 Å². The van der Waals surface area contributed by atoms with Gasteiger partial charge in [-0.3, -0.25) is 9.59 Å². The van der Waals surface area contributed by atoms with Crippen molar-refractivity contribution in [3.8, 4) is 17.1 Å². The van der Waals surface area contributed by atoms with Crippen molar-refractivity contribution in [3.05, 3.63) is 42.4 Å². The highest BCUT2D eigenvalue weighted by molar-refractivity contribution is 5.85. The fourth-order valence-electron chi connectivity index (χ4n) is 3.84. The summed E-state index contributed by atoms with van der Waals surface area (Å²) in [6.07, 6.45) is 5.53. The lowest BCUT2D eigenvalue weighted by molar-refractivity contribution is -0.122. The van der Waals surface area contributed by atoms with Crippen LogP contribution in [0.15, 0.2) is 36.5 Å². The molecule has 2 aromatic heterocycles. The minimum atomic E-state index is -0.263. The first-order valence-electron chi connectivity index (χ1n) is 11.5. The van der Waals surface area contributed by atoms with Crippen LogP contribution in [0.2, 0.25) is 0 Å². The van der Waals surface area contributed by atoms with Gasteiger partial charge in [0.2, 0.25) is 17.7 Å². The number of likely N-dealkylation sites (N-methyl/N-ethyl adjacent to an activating group) is 1. The van der Waals surface area contributed by atoms with Crippen LogP contribution in [0.4, 0.5) is 0 Å². The van der Waals surface area contributed by atoms with Gasteiger partial charge in [-0.25, -0.2) is 9.97 Å². The molecule has 3 rings (SSSR count). The number of amides is 2. The Morgan fingerprint density at radius 2 is 1.94 bits per heavy atom. The van der Waals surface area contributed by atoms with Crippen molar-refractivity contribution in [2.45, 2.75) is 38.1 Å². The summed E-state index contributed by atoms with van der Waals surface area (Å²) in [6, 6.07) is 9.63. The number of fused-ring (bicyclic) bond motifs is 1. The SMILES string of the molecule is CNC(=O)CCCCCC(NC(=O)CN(C)C)c1ncc(-c2cc3ccccc3nc2OC)[nH]1. The molecule has 0 fully saturated rings. The summed E-state index contributed by atoms with van der Waals surface area (Å²) in [4.78, 5) is 38.4. The number of para-hydroxylation sites is 1. The lowest BCUT2D eigenvalue weighted by atomic mass is 10.1. The van der Waals surface area contributed by atoms with Gasteiger partial charge in [0.1, 0.15) is 5.82 Å². The summed E-state index contributed by atoms with van der Waals surface area (Å²) < 4.78 is 5.54. The molecule has 182 valence electrons. The number of rotatable bonds is 12. The summed E-state index contributed by atoms with van der Waals surface area (Å²) in [5, 5.41) is 6.74. The number of pyridine rings is 1. The maximum absolute atomic E-state index is 12.5. The number of ether oxygens (including phenoxy) is 1. The smallest absolute Gasteiger partial charge is 0.234 e. The molecule has 0 saturated carbocycles. The monoisotopic (exact) mass is 466 g/mol. The average Bonchev–Trinajstić information content (AvgIpc) is 3.31. The number of methoxy groups -OCH3 is 1. The Morgan fingerprint density at radius 3 is 2.68 bits per heavy atom. The highest BCUT2D eigenvalue weighted by Crippen LogP contribution is 2.31. The van der Waals surface area contributed by atoms with Crippen LogP contribution in [-0.2, 0) is 9.59 Å². The van der Waals surface area contributed by atoms with Crippen LogP contribution in [0.5, 0.6) is 5.88 Å². The van der Waals surface area contributed by atoms with E-state index < -0.39 is 0 Å². The number of nitrogens with one attached hydrogen (secondary N) is 3. The molecule has 0 bridgehead atoms. The number of unbranched alkanes of at least 4 members (excludes halogenated alkanes) is 2. The maximum Gasteiger partial charge on any atom is 0.234 e. The van der Waals surface area contributed by atoms with E-state index in [1.165, 1.54) is 0 Å². The third-order valence-electron chi connectivity index (χ3n) is 5.57. The molecule has 0 saturated heterocycles. The summed E-state index contributed by atoms with van der Waals surface area (Å²) in [5.41, 5.74) is 2.44. The number of hydrogen-bond donors (Lipinski definition) is 3. The third kappa shape index (κ3) is 6.77. The molecule has 0 aliphatic carbocycles. The van der Waals surface area contributed by atoms with Crippen molar-refractivity contribution in [1.82, 2.24) is 30.5 Å². The highest BCUT2D eigenvalue weighted by atomic mass is 16.5. The molecule has 3 aromatic rings. The number of aromatic amines is 1. The summed E-state index contributed by atoms with van der Waals surface area (Å²) in [7, 11) is 6.96. The first-order chi connectivity index (χ1) is 16.4. The highest BCUT2D eigenvalue weighted by Gasteiger charge is 2.20. The zero-order chi connectivity index (χ0) is 24.5. The molecule has 1 atom stereocenters. The quantitative estimate of drug-likeness (QED) is 0.354. The molecule has 0 radical (unpaired) electrons. The van der Waals surface area contributed by atoms with Crippen LogP contribution in [0.25, 0.3) is 22.2 Å². The molecule has 1 unspecified atom stereocenters. The van der Waals surface area contributed by atoms with Gasteiger partial charge >= 0.3 is 0 Å². The number of imidazole rings is 1. The zero-order valence-electron chi connectivity index (χ0n) is 20.4. The summed E-state index contributed by atoms with van der Waals surface area (Å²) in [6.45, 7) is 0.295. The van der Waals surface area contributed by atoms with Crippen LogP contribution < -0.4 is 15.4 Å². The Kier molecular flexibility index (Phi) is 8.98. The third-order valence-corrected chi connectivity index (χ3v) is 5.57. The Bertz CT molecular complexity index is 1110. The first kappa shape index (κ1) is 25.2. The summed E-state index contributed by atoms with van der Waals surface area (Å²) in [5.74, 6) is 1.17. The normalized spacial score (nSPS) is 12.0. The number of carbonyl (C=O) groups excluding carboxylic acids is 2. The molecule has 9 nitrogen and oxygen atoms in total. The number of nitrogens with zero attached hydrogens (tertiary/aromatic N) is 3. The van der Waals surface area contributed by atoms with Crippen LogP contribution in [0.3, 0.4) is 0 Å². The van der Waals surface area contributed by atoms with Crippen LogP contribution >= 0.6 is 0 Å². The second-order valence-electron chi connectivity index (χ2n) is 8.55. The molecular formula is C25H34N6O3. The predicted molar refractivity (Wildman–Crippen MR) is 132 cm³/mol. The van der Waals surface area contributed by atoms with Gasteiger partial charge in [-0.15, -0.1) is 0 Å². The Morgan fingerprint density at radius 1 is 1.15 bits per heavy atom. The van der Waals surface area contributed by atoms with E-state index in [1.807, 2.05) is 49.3 Å². The number of H-pyrrole nitrogens is 1. The lowest BCUT2D eigenvalue weighted by Crippen LogP contribution is -2.36. The number of hydrogen-bond acceptors (Lipinski definition) is 6. The predicted octanol–water partition coefficient (Wildman–Crippen LogP) is 3.05. The molecule has 2 heterocycles. The molecule has 1 aromatic carbocycles. The molecule has 0 aliphatic rings. The molecule has 0 spiro atoms. The number of aromatic nitrogens is 3. The van der Waals surface area contributed by atoms with Crippen LogP contribution in [-0.4, -0.2) is 66.5 Å². The van der Waals surface area contributed by atoms with E-state index in [2.05, 4.69) is 25.6 Å². The Hall–Kier alpha value is -3.46. The van der Waals surface area contributed by atoms with E-state index in [-0.39, 0.29) is 17.9 Å². The van der Waals surface area contributed by atoms with Crippen molar-refractivity contribution in [1.29, 1.82) is 0 Å². The van der Waals surface area contributed by atoms with Gasteiger partial charge in [0, 0.05) is 18.9 Å². The standard InChI is InChI=1S/C25H34N6O3/c1-26-22(32)13-7-5-6-12-20(28-23(33)16-31(2)3)24-27-15-21(29-24)18-14-17-10-8-9-11-19(17)30-25(18)34-4/h8-11,14-15,20H,5-7,12-13,16H2,1-4H3,(H,26,32)(H,27,29)(H,28,33). The molecule has 3 N–H and O–H groups in total. The van der Waals surface area contributed by atoms with Crippen molar-refractivity contribution in [3.63, 3.8) is 0 Å². The molecular weight excluding hydrogens is 432 g/mol. The van der Waals surface area contributed by atoms with Gasteiger partial charge < -0.3 is 25.3 Å². The topological polar surface area (TPSA) is 112 Å². The van der Waals surface area contributed by atoms with Crippen molar-refractivity contribution >= 4 is 22.7 Å². The van der Waals surface area contributed by atoms with Crippen LogP contribution in [0, 0.1) is 0 Å². The number of carbonyl (C=O) groups is 2. The van der Waals surface area contributed by atoms with E-state index >= 15 is 0 Å². The fourth-order valence-corrected chi connectivity index (χ4v) is 3.84. The molecule has 2 amide bonds. The van der Waals surface area contributed by atoms with Gasteiger partial charge in [-0.05, 0) is 39.1 Å². The lowest BCUT2D eigenvalue weighted by Gasteiger charge is -2.18. The Balaban J connectivity index is 1.79. The summed E-state index contributed by atoms with van der Waals surface area (Å²) >= 11 is 0. The van der Waals surface area contributed by atoms with E-state index in [9.17, 15) is 9.59 Å². The minimum Gasteiger partial charge on any atom is -0.480 e. The van der Waals surface area contributed by atoms with Gasteiger partial charge in [-0.2, -0.15) is 0 Å². The first-order valence-corrected chi connectivity index (χ1v) is 11.5. The van der Waals surface area contributed by atoms with Crippen molar-refractivity contribution in [2.24, 2.45) is 0 Å². The molecule has 9 heteroatoms. The van der Waals surface area contributed by atoms with Gasteiger partial charge in [0.05, 0.1) is 42.7 Å². The zero-order valence-corrected chi connectivity index (χ0v) is 20.4. The molecule has 34 heavy (non-hydrogen) atoms. The number of benzene rings is 1. The van der Waals surface area contributed by atoms with Crippen molar-refractivity contribution in [2.75, 3.05) is 34.8 Å². The van der Waals surface area contributed by atoms with E-state index in [0.717, 1.165) is 41.4 Å². The van der Waals surface area contributed by atoms with E-state index in [4.69, 9.17) is 4.74 Å². The minimum absolute atomic E-state index is 0.0458. The largest absolute Gasteiger partial charge is 0.480 e. The fraction of sp³-hybridized carbons (Fsp3) is 0.440. The van der Waals surface area contributed by atoms with Gasteiger partial charge in [-0.1, -0.05) is 31.0 Å². The maximum atomic E-state index is 12.5. The van der Waals surface area contributed by atoms with E-state index in [1.54, 1.807) is 20.4 Å². The van der Waals surface area contributed by atoms with E-state index in [0.29, 0.717) is 31.1 Å².